The Morgan fingerprint density at radius 1 is 1.33 bits per heavy atom. The van der Waals surface area contributed by atoms with Crippen LogP contribution in [0.1, 0.15) is 30.1 Å². The standard InChI is InChI=1S/C15H18ClN3O.ClH/c16-13-4-2-1-3-12(13)9-14-18-15(20-19-14)6-5-11-7-8-17-10-11;/h1-4,11,17H,5-10H2;1H. The SMILES string of the molecule is Cl.Clc1ccccc1Cc1noc(CCC2CCNC2)n1. The van der Waals surface area contributed by atoms with Gasteiger partial charge in [-0.2, -0.15) is 4.98 Å². The molecule has 1 unspecified atom stereocenters. The van der Waals surface area contributed by atoms with Crippen molar-refractivity contribution in [3.63, 3.8) is 0 Å². The van der Waals surface area contributed by atoms with E-state index in [9.17, 15) is 0 Å². The Hall–Kier alpha value is -1.10. The third kappa shape index (κ3) is 4.43. The van der Waals surface area contributed by atoms with Gasteiger partial charge in [-0.3, -0.25) is 0 Å². The van der Waals surface area contributed by atoms with Crippen LogP contribution in [-0.2, 0) is 12.8 Å². The predicted octanol–water partition coefficient (Wildman–Crippen LogP) is 3.28. The third-order valence-electron chi connectivity index (χ3n) is 3.75. The first-order valence-corrected chi connectivity index (χ1v) is 7.44. The number of hydrogen-bond acceptors (Lipinski definition) is 4. The summed E-state index contributed by atoms with van der Waals surface area (Å²) in [6.45, 7) is 2.24. The van der Waals surface area contributed by atoms with E-state index < -0.39 is 0 Å². The Bertz CT molecular complexity index is 568. The summed E-state index contributed by atoms with van der Waals surface area (Å²) in [6.07, 6.45) is 3.84. The molecular formula is C15H19Cl2N3O. The molecule has 0 radical (unpaired) electrons. The molecule has 1 aromatic heterocycles. The number of nitrogens with zero attached hydrogens (tertiary/aromatic N) is 2. The molecule has 3 rings (SSSR count). The fourth-order valence-corrected chi connectivity index (χ4v) is 2.77. The van der Waals surface area contributed by atoms with Crippen molar-refractivity contribution in [2.24, 2.45) is 5.92 Å². The summed E-state index contributed by atoms with van der Waals surface area (Å²) in [7, 11) is 0. The first kappa shape index (κ1) is 16.3. The maximum absolute atomic E-state index is 6.14. The fourth-order valence-electron chi connectivity index (χ4n) is 2.56. The second-order valence-corrected chi connectivity index (χ2v) is 5.68. The Morgan fingerprint density at radius 3 is 2.95 bits per heavy atom. The molecule has 0 bridgehead atoms. The molecule has 1 fully saturated rings. The molecule has 0 spiro atoms. The number of nitrogens with one attached hydrogen (secondary N) is 1. The molecule has 1 aliphatic heterocycles. The lowest BCUT2D eigenvalue weighted by Crippen LogP contribution is -2.09. The molecule has 1 aliphatic rings. The average molecular weight is 328 g/mol. The molecule has 1 N–H and O–H groups in total. The first-order valence-electron chi connectivity index (χ1n) is 7.07. The highest BCUT2D eigenvalue weighted by molar-refractivity contribution is 6.31. The van der Waals surface area contributed by atoms with E-state index in [1.807, 2.05) is 24.3 Å². The molecule has 1 aromatic carbocycles. The minimum absolute atomic E-state index is 0. The Kier molecular flexibility index (Phi) is 6.03. The lowest BCUT2D eigenvalue weighted by atomic mass is 10.0. The number of aryl methyl sites for hydroxylation is 1. The Morgan fingerprint density at radius 2 is 2.19 bits per heavy atom. The maximum atomic E-state index is 6.14. The van der Waals surface area contributed by atoms with E-state index in [1.165, 1.54) is 6.42 Å². The van der Waals surface area contributed by atoms with Gasteiger partial charge in [0.05, 0.1) is 0 Å². The summed E-state index contributed by atoms with van der Waals surface area (Å²) in [5.41, 5.74) is 1.03. The van der Waals surface area contributed by atoms with Crippen LogP contribution in [0, 0.1) is 5.92 Å². The Balaban J connectivity index is 0.00000161. The van der Waals surface area contributed by atoms with Gasteiger partial charge in [0, 0.05) is 17.9 Å². The molecule has 0 amide bonds. The van der Waals surface area contributed by atoms with E-state index >= 15 is 0 Å². The lowest BCUT2D eigenvalue weighted by Gasteiger charge is -2.04. The van der Waals surface area contributed by atoms with Crippen LogP contribution in [-0.4, -0.2) is 23.2 Å². The quantitative estimate of drug-likeness (QED) is 0.915. The van der Waals surface area contributed by atoms with Gasteiger partial charge in [-0.15, -0.1) is 12.4 Å². The number of rotatable bonds is 5. The highest BCUT2D eigenvalue weighted by atomic mass is 35.5. The minimum atomic E-state index is 0. The normalized spacial score (nSPS) is 17.7. The summed E-state index contributed by atoms with van der Waals surface area (Å²) >= 11 is 6.14. The first-order chi connectivity index (χ1) is 9.81. The van der Waals surface area contributed by atoms with Crippen LogP contribution in [0.25, 0.3) is 0 Å². The molecule has 0 saturated carbocycles. The summed E-state index contributed by atoms with van der Waals surface area (Å²) in [4.78, 5) is 4.45. The molecular weight excluding hydrogens is 309 g/mol. The monoisotopic (exact) mass is 327 g/mol. The summed E-state index contributed by atoms with van der Waals surface area (Å²) in [5.74, 6) is 2.19. The van der Waals surface area contributed by atoms with E-state index in [0.29, 0.717) is 12.2 Å². The smallest absolute Gasteiger partial charge is 0.226 e. The van der Waals surface area contributed by atoms with Gasteiger partial charge in [0.1, 0.15) is 0 Å². The van der Waals surface area contributed by atoms with Crippen molar-refractivity contribution in [1.29, 1.82) is 0 Å². The van der Waals surface area contributed by atoms with E-state index in [-0.39, 0.29) is 12.4 Å². The molecule has 2 heterocycles. The number of aromatic nitrogens is 2. The molecule has 21 heavy (non-hydrogen) atoms. The van der Waals surface area contributed by atoms with Crippen LogP contribution in [0.2, 0.25) is 5.02 Å². The number of hydrogen-bond donors (Lipinski definition) is 1. The highest BCUT2D eigenvalue weighted by Gasteiger charge is 2.16. The van der Waals surface area contributed by atoms with Gasteiger partial charge in [-0.1, -0.05) is 35.0 Å². The van der Waals surface area contributed by atoms with Crippen LogP contribution >= 0.6 is 24.0 Å². The van der Waals surface area contributed by atoms with Crippen molar-refractivity contribution >= 4 is 24.0 Å². The number of halogens is 2. The van der Waals surface area contributed by atoms with E-state index in [1.54, 1.807) is 0 Å². The van der Waals surface area contributed by atoms with Gasteiger partial charge in [0.25, 0.3) is 0 Å². The molecule has 4 nitrogen and oxygen atoms in total. The summed E-state index contributed by atoms with van der Waals surface area (Å²) < 4.78 is 5.31. The van der Waals surface area contributed by atoms with Gasteiger partial charge in [-0.25, -0.2) is 0 Å². The topological polar surface area (TPSA) is 51.0 Å². The number of benzene rings is 1. The van der Waals surface area contributed by atoms with Crippen molar-refractivity contribution in [3.05, 3.63) is 46.6 Å². The average Bonchev–Trinajstić information content (AvgIpc) is 3.10. The van der Waals surface area contributed by atoms with Crippen molar-refractivity contribution in [2.45, 2.75) is 25.7 Å². The molecule has 1 saturated heterocycles. The minimum Gasteiger partial charge on any atom is -0.339 e. The van der Waals surface area contributed by atoms with Gasteiger partial charge < -0.3 is 9.84 Å². The zero-order valence-corrected chi connectivity index (χ0v) is 13.3. The second kappa shape index (κ2) is 7.78. The predicted molar refractivity (Wildman–Crippen MR) is 85.1 cm³/mol. The van der Waals surface area contributed by atoms with Gasteiger partial charge in [0.2, 0.25) is 5.89 Å². The summed E-state index contributed by atoms with van der Waals surface area (Å²) in [6, 6.07) is 7.76. The highest BCUT2D eigenvalue weighted by Crippen LogP contribution is 2.19. The van der Waals surface area contributed by atoms with Crippen molar-refractivity contribution in [1.82, 2.24) is 15.5 Å². The Labute approximate surface area is 135 Å². The van der Waals surface area contributed by atoms with Crippen molar-refractivity contribution in [2.75, 3.05) is 13.1 Å². The zero-order chi connectivity index (χ0) is 13.8. The van der Waals surface area contributed by atoms with Crippen LogP contribution < -0.4 is 5.32 Å². The van der Waals surface area contributed by atoms with Crippen LogP contribution in [0.4, 0.5) is 0 Å². The van der Waals surface area contributed by atoms with E-state index in [0.717, 1.165) is 48.3 Å². The van der Waals surface area contributed by atoms with Gasteiger partial charge in [0.15, 0.2) is 5.82 Å². The summed E-state index contributed by atoms with van der Waals surface area (Å²) in [5, 5.41) is 8.16. The van der Waals surface area contributed by atoms with Crippen molar-refractivity contribution in [3.8, 4) is 0 Å². The van der Waals surface area contributed by atoms with Crippen LogP contribution in [0.3, 0.4) is 0 Å². The maximum Gasteiger partial charge on any atom is 0.226 e. The molecule has 6 heteroatoms. The lowest BCUT2D eigenvalue weighted by molar-refractivity contribution is 0.361. The molecule has 2 aromatic rings. The fraction of sp³-hybridized carbons (Fsp3) is 0.467. The van der Waals surface area contributed by atoms with E-state index in [2.05, 4.69) is 15.5 Å². The molecule has 1 atom stereocenters. The van der Waals surface area contributed by atoms with E-state index in [4.69, 9.17) is 16.1 Å². The van der Waals surface area contributed by atoms with Crippen molar-refractivity contribution < 1.29 is 4.52 Å². The second-order valence-electron chi connectivity index (χ2n) is 5.27. The van der Waals surface area contributed by atoms with Crippen LogP contribution in [0.5, 0.6) is 0 Å². The van der Waals surface area contributed by atoms with Gasteiger partial charge in [-0.05, 0) is 43.5 Å². The third-order valence-corrected chi connectivity index (χ3v) is 4.11. The zero-order valence-electron chi connectivity index (χ0n) is 11.7. The van der Waals surface area contributed by atoms with Crippen LogP contribution in [0.15, 0.2) is 28.8 Å². The largest absolute Gasteiger partial charge is 0.339 e. The molecule has 0 aliphatic carbocycles. The van der Waals surface area contributed by atoms with Gasteiger partial charge >= 0.3 is 0 Å². The molecule has 114 valence electrons.